The SMILES string of the molecule is COc1ccc(CNCC2(C)CC2)cc1OC(F)F. The van der Waals surface area contributed by atoms with Crippen LogP contribution in [0.2, 0.25) is 0 Å². The lowest BCUT2D eigenvalue weighted by atomic mass is 10.1. The standard InChI is InChI=1S/C14H19F2NO2/c1-14(5-6-14)9-17-8-10-3-4-11(18-2)12(7-10)19-13(15)16/h3-4,7,13,17H,5-6,8-9H2,1-2H3. The van der Waals surface area contributed by atoms with Gasteiger partial charge in [0.15, 0.2) is 11.5 Å². The predicted molar refractivity (Wildman–Crippen MR) is 68.7 cm³/mol. The van der Waals surface area contributed by atoms with E-state index in [9.17, 15) is 8.78 Å². The molecule has 19 heavy (non-hydrogen) atoms. The van der Waals surface area contributed by atoms with E-state index in [2.05, 4.69) is 17.0 Å². The highest BCUT2D eigenvalue weighted by molar-refractivity contribution is 5.42. The van der Waals surface area contributed by atoms with Gasteiger partial charge in [-0.15, -0.1) is 0 Å². The van der Waals surface area contributed by atoms with Gasteiger partial charge < -0.3 is 14.8 Å². The van der Waals surface area contributed by atoms with Crippen LogP contribution in [0.25, 0.3) is 0 Å². The molecule has 0 amide bonds. The van der Waals surface area contributed by atoms with E-state index in [4.69, 9.17) is 4.74 Å². The molecular weight excluding hydrogens is 252 g/mol. The number of hydrogen-bond acceptors (Lipinski definition) is 3. The first kappa shape index (κ1) is 14.1. The van der Waals surface area contributed by atoms with Gasteiger partial charge in [-0.25, -0.2) is 0 Å². The first-order chi connectivity index (χ1) is 9.02. The van der Waals surface area contributed by atoms with E-state index >= 15 is 0 Å². The Kier molecular flexibility index (Phi) is 4.24. The molecule has 0 atom stereocenters. The molecule has 0 bridgehead atoms. The van der Waals surface area contributed by atoms with Crippen molar-refractivity contribution >= 4 is 0 Å². The summed E-state index contributed by atoms with van der Waals surface area (Å²) in [4.78, 5) is 0. The minimum Gasteiger partial charge on any atom is -0.493 e. The Labute approximate surface area is 111 Å². The first-order valence-electron chi connectivity index (χ1n) is 6.35. The van der Waals surface area contributed by atoms with E-state index in [1.165, 1.54) is 20.0 Å². The van der Waals surface area contributed by atoms with E-state index in [0.717, 1.165) is 12.1 Å². The molecule has 0 aliphatic heterocycles. The molecule has 1 aromatic rings. The fourth-order valence-electron chi connectivity index (χ4n) is 1.92. The van der Waals surface area contributed by atoms with E-state index in [-0.39, 0.29) is 5.75 Å². The molecule has 0 heterocycles. The van der Waals surface area contributed by atoms with Crippen LogP contribution in [0, 0.1) is 5.41 Å². The molecule has 0 spiro atoms. The molecule has 106 valence electrons. The molecule has 0 saturated heterocycles. The van der Waals surface area contributed by atoms with Gasteiger partial charge in [0.25, 0.3) is 0 Å². The van der Waals surface area contributed by atoms with Crippen molar-refractivity contribution < 1.29 is 18.3 Å². The molecule has 1 aliphatic rings. The summed E-state index contributed by atoms with van der Waals surface area (Å²) >= 11 is 0. The molecule has 1 N–H and O–H groups in total. The van der Waals surface area contributed by atoms with Gasteiger partial charge in [0.2, 0.25) is 0 Å². The monoisotopic (exact) mass is 271 g/mol. The predicted octanol–water partition coefficient (Wildman–Crippen LogP) is 3.19. The molecular formula is C14H19F2NO2. The second kappa shape index (κ2) is 5.74. The third kappa shape index (κ3) is 4.06. The Morgan fingerprint density at radius 2 is 2.05 bits per heavy atom. The van der Waals surface area contributed by atoms with Gasteiger partial charge in [-0.3, -0.25) is 0 Å². The average Bonchev–Trinajstić information content (AvgIpc) is 3.07. The maximum absolute atomic E-state index is 12.3. The molecule has 0 radical (unpaired) electrons. The number of nitrogens with one attached hydrogen (secondary N) is 1. The lowest BCUT2D eigenvalue weighted by Gasteiger charge is -2.13. The van der Waals surface area contributed by atoms with Crippen LogP contribution in [0.5, 0.6) is 11.5 Å². The molecule has 0 aromatic heterocycles. The summed E-state index contributed by atoms with van der Waals surface area (Å²) in [6.07, 6.45) is 2.50. The fourth-order valence-corrected chi connectivity index (χ4v) is 1.92. The summed E-state index contributed by atoms with van der Waals surface area (Å²) in [6.45, 7) is 0.977. The van der Waals surface area contributed by atoms with Crippen LogP contribution in [-0.2, 0) is 6.54 Å². The highest BCUT2D eigenvalue weighted by Crippen LogP contribution is 2.44. The van der Waals surface area contributed by atoms with Gasteiger partial charge in [0.05, 0.1) is 7.11 Å². The third-order valence-corrected chi connectivity index (χ3v) is 3.43. The topological polar surface area (TPSA) is 30.5 Å². The van der Waals surface area contributed by atoms with Crippen LogP contribution in [-0.4, -0.2) is 20.3 Å². The van der Waals surface area contributed by atoms with Crippen molar-refractivity contribution in [3.05, 3.63) is 23.8 Å². The Morgan fingerprint density at radius 3 is 2.63 bits per heavy atom. The van der Waals surface area contributed by atoms with E-state index in [1.807, 2.05) is 6.07 Å². The summed E-state index contributed by atoms with van der Waals surface area (Å²) in [5.41, 5.74) is 1.33. The van der Waals surface area contributed by atoms with Gasteiger partial charge in [-0.1, -0.05) is 13.0 Å². The van der Waals surface area contributed by atoms with Crippen molar-refractivity contribution in [3.8, 4) is 11.5 Å². The summed E-state index contributed by atoms with van der Waals surface area (Å²) in [7, 11) is 1.43. The number of rotatable bonds is 7. The third-order valence-electron chi connectivity index (χ3n) is 3.43. The molecule has 1 fully saturated rings. The van der Waals surface area contributed by atoms with E-state index in [0.29, 0.717) is 17.7 Å². The van der Waals surface area contributed by atoms with Gasteiger partial charge in [0.1, 0.15) is 0 Å². The molecule has 1 saturated carbocycles. The van der Waals surface area contributed by atoms with Crippen LogP contribution in [0.1, 0.15) is 25.3 Å². The Bertz CT molecular complexity index is 433. The maximum Gasteiger partial charge on any atom is 0.387 e. The smallest absolute Gasteiger partial charge is 0.387 e. The summed E-state index contributed by atoms with van der Waals surface area (Å²) in [6, 6.07) is 5.08. The number of alkyl halides is 2. The van der Waals surface area contributed by atoms with Crippen molar-refractivity contribution in [1.29, 1.82) is 0 Å². The maximum atomic E-state index is 12.3. The summed E-state index contributed by atoms with van der Waals surface area (Å²) in [5.74, 6) is 0.396. The van der Waals surface area contributed by atoms with Crippen LogP contribution in [0.3, 0.4) is 0 Å². The second-order valence-electron chi connectivity index (χ2n) is 5.28. The zero-order valence-electron chi connectivity index (χ0n) is 11.2. The largest absolute Gasteiger partial charge is 0.493 e. The molecule has 0 unspecified atom stereocenters. The van der Waals surface area contributed by atoms with E-state index in [1.54, 1.807) is 12.1 Å². The normalized spacial score (nSPS) is 16.5. The number of benzene rings is 1. The highest BCUT2D eigenvalue weighted by atomic mass is 19.3. The lowest BCUT2D eigenvalue weighted by Crippen LogP contribution is -2.21. The van der Waals surface area contributed by atoms with Crippen molar-refractivity contribution in [3.63, 3.8) is 0 Å². The van der Waals surface area contributed by atoms with Crippen molar-refractivity contribution in [2.75, 3.05) is 13.7 Å². The fraction of sp³-hybridized carbons (Fsp3) is 0.571. The molecule has 2 rings (SSSR count). The Morgan fingerprint density at radius 1 is 1.32 bits per heavy atom. The van der Waals surface area contributed by atoms with Crippen molar-refractivity contribution in [2.45, 2.75) is 32.9 Å². The van der Waals surface area contributed by atoms with Crippen LogP contribution >= 0.6 is 0 Å². The van der Waals surface area contributed by atoms with Crippen molar-refractivity contribution in [1.82, 2.24) is 5.32 Å². The number of hydrogen-bond donors (Lipinski definition) is 1. The second-order valence-corrected chi connectivity index (χ2v) is 5.28. The summed E-state index contributed by atoms with van der Waals surface area (Å²) < 4.78 is 34.0. The van der Waals surface area contributed by atoms with Crippen molar-refractivity contribution in [2.24, 2.45) is 5.41 Å². The highest BCUT2D eigenvalue weighted by Gasteiger charge is 2.36. The van der Waals surface area contributed by atoms with Crippen LogP contribution < -0.4 is 14.8 Å². The van der Waals surface area contributed by atoms with Gasteiger partial charge in [0, 0.05) is 13.1 Å². The minimum absolute atomic E-state index is 0.0782. The number of ether oxygens (including phenoxy) is 2. The molecule has 3 nitrogen and oxygen atoms in total. The molecule has 1 aliphatic carbocycles. The summed E-state index contributed by atoms with van der Waals surface area (Å²) in [5, 5.41) is 3.34. The van der Waals surface area contributed by atoms with E-state index < -0.39 is 6.61 Å². The number of halogens is 2. The Balaban J connectivity index is 1.96. The molecule has 5 heteroatoms. The zero-order valence-corrected chi connectivity index (χ0v) is 11.2. The first-order valence-corrected chi connectivity index (χ1v) is 6.35. The lowest BCUT2D eigenvalue weighted by molar-refractivity contribution is -0.0512. The van der Waals surface area contributed by atoms with Gasteiger partial charge in [-0.2, -0.15) is 8.78 Å². The van der Waals surface area contributed by atoms with Gasteiger partial charge >= 0.3 is 6.61 Å². The van der Waals surface area contributed by atoms with Crippen LogP contribution in [0.4, 0.5) is 8.78 Å². The Hall–Kier alpha value is -1.36. The van der Waals surface area contributed by atoms with Gasteiger partial charge in [-0.05, 0) is 36.0 Å². The zero-order chi connectivity index (χ0) is 13.9. The number of methoxy groups -OCH3 is 1. The average molecular weight is 271 g/mol. The van der Waals surface area contributed by atoms with Crippen LogP contribution in [0.15, 0.2) is 18.2 Å². The minimum atomic E-state index is -2.84. The molecule has 1 aromatic carbocycles. The quantitative estimate of drug-likeness (QED) is 0.826.